The zero-order valence-corrected chi connectivity index (χ0v) is 6.77. The molecule has 0 aromatic carbocycles. The van der Waals surface area contributed by atoms with E-state index >= 15 is 0 Å². The summed E-state index contributed by atoms with van der Waals surface area (Å²) in [5.41, 5.74) is 5.51. The minimum Gasteiger partial charge on any atom is -0.481 e. The van der Waals surface area contributed by atoms with Gasteiger partial charge in [-0.25, -0.2) is 4.39 Å². The molecule has 0 fully saturated rings. The van der Waals surface area contributed by atoms with Crippen LogP contribution in [-0.4, -0.2) is 22.6 Å². The number of carboxylic acids is 1. The van der Waals surface area contributed by atoms with E-state index in [0.717, 1.165) is 12.3 Å². The van der Waals surface area contributed by atoms with Crippen molar-refractivity contribution >= 4 is 5.97 Å². The third-order valence-electron chi connectivity index (χ3n) is 1.66. The number of carboxylic acid groups (broad SMARTS) is 1. The summed E-state index contributed by atoms with van der Waals surface area (Å²) in [4.78, 5) is 14.2. The van der Waals surface area contributed by atoms with E-state index in [2.05, 4.69) is 4.98 Å². The Morgan fingerprint density at radius 2 is 2.38 bits per heavy atom. The topological polar surface area (TPSA) is 76.2 Å². The molecule has 0 amide bonds. The Morgan fingerprint density at radius 3 is 2.85 bits per heavy atom. The number of aromatic nitrogens is 1. The van der Waals surface area contributed by atoms with Crippen LogP contribution < -0.4 is 5.73 Å². The van der Waals surface area contributed by atoms with Gasteiger partial charge in [0.2, 0.25) is 0 Å². The predicted octanol–water partition coefficient (Wildman–Crippen LogP) is 0.348. The average Bonchev–Trinajstić information content (AvgIpc) is 2.04. The number of pyridine rings is 1. The quantitative estimate of drug-likeness (QED) is 0.710. The smallest absolute Gasteiger partial charge is 0.312 e. The fourth-order valence-corrected chi connectivity index (χ4v) is 0.998. The molecule has 1 rings (SSSR count). The van der Waals surface area contributed by atoms with Gasteiger partial charge < -0.3 is 10.8 Å². The molecule has 0 aliphatic heterocycles. The molecule has 1 heterocycles. The molecule has 0 saturated carbocycles. The summed E-state index contributed by atoms with van der Waals surface area (Å²) in [6.07, 6.45) is 2.31. The van der Waals surface area contributed by atoms with E-state index in [1.165, 1.54) is 6.20 Å². The van der Waals surface area contributed by atoms with Crippen LogP contribution >= 0.6 is 0 Å². The third kappa shape index (κ3) is 2.22. The van der Waals surface area contributed by atoms with Crippen molar-refractivity contribution in [2.75, 3.05) is 6.54 Å². The molecule has 0 radical (unpaired) electrons. The van der Waals surface area contributed by atoms with Crippen molar-refractivity contribution in [3.8, 4) is 0 Å². The van der Waals surface area contributed by atoms with E-state index in [1.807, 2.05) is 0 Å². The molecule has 70 valence electrons. The Bertz CT molecular complexity index is 317. The first-order chi connectivity index (χ1) is 6.15. The number of aliphatic carboxylic acids is 1. The van der Waals surface area contributed by atoms with Gasteiger partial charge >= 0.3 is 5.97 Å². The van der Waals surface area contributed by atoms with E-state index in [4.69, 9.17) is 10.8 Å². The molecule has 0 aliphatic carbocycles. The summed E-state index contributed by atoms with van der Waals surface area (Å²) in [5.74, 6) is -2.52. The largest absolute Gasteiger partial charge is 0.481 e. The average molecular weight is 184 g/mol. The maximum absolute atomic E-state index is 12.6. The molecule has 13 heavy (non-hydrogen) atoms. The number of nitrogens with zero attached hydrogens (tertiary/aromatic N) is 1. The first kappa shape index (κ1) is 9.60. The van der Waals surface area contributed by atoms with Gasteiger partial charge in [-0.05, 0) is 11.6 Å². The SMILES string of the molecule is NCC(C(=O)O)c1cncc(F)c1. The van der Waals surface area contributed by atoms with Crippen LogP contribution in [0.15, 0.2) is 18.5 Å². The zero-order chi connectivity index (χ0) is 9.84. The minimum absolute atomic E-state index is 0.0690. The van der Waals surface area contributed by atoms with Crippen LogP contribution in [0.5, 0.6) is 0 Å². The number of rotatable bonds is 3. The van der Waals surface area contributed by atoms with Crippen LogP contribution in [0.2, 0.25) is 0 Å². The number of carbonyl (C=O) groups is 1. The van der Waals surface area contributed by atoms with Crippen molar-refractivity contribution in [2.45, 2.75) is 5.92 Å². The molecule has 1 atom stereocenters. The van der Waals surface area contributed by atoms with Crippen LogP contribution in [0.1, 0.15) is 11.5 Å². The van der Waals surface area contributed by atoms with Gasteiger partial charge in [0, 0.05) is 12.7 Å². The highest BCUT2D eigenvalue weighted by Gasteiger charge is 2.18. The summed E-state index contributed by atoms with van der Waals surface area (Å²) < 4.78 is 12.6. The molecular weight excluding hydrogens is 175 g/mol. The number of hydrogen-bond acceptors (Lipinski definition) is 3. The van der Waals surface area contributed by atoms with Crippen LogP contribution in [0.3, 0.4) is 0 Å². The molecule has 3 N–H and O–H groups in total. The molecule has 1 aromatic rings. The van der Waals surface area contributed by atoms with Gasteiger partial charge in [0.15, 0.2) is 0 Å². The number of hydrogen-bond donors (Lipinski definition) is 2. The second-order valence-electron chi connectivity index (χ2n) is 2.56. The van der Waals surface area contributed by atoms with Gasteiger partial charge in [0.25, 0.3) is 0 Å². The fourth-order valence-electron chi connectivity index (χ4n) is 0.998. The van der Waals surface area contributed by atoms with Crippen molar-refractivity contribution in [3.63, 3.8) is 0 Å². The highest BCUT2D eigenvalue weighted by molar-refractivity contribution is 5.76. The second kappa shape index (κ2) is 3.95. The highest BCUT2D eigenvalue weighted by atomic mass is 19.1. The molecule has 4 nitrogen and oxygen atoms in total. The van der Waals surface area contributed by atoms with Crippen molar-refractivity contribution < 1.29 is 14.3 Å². The van der Waals surface area contributed by atoms with E-state index in [9.17, 15) is 9.18 Å². The maximum Gasteiger partial charge on any atom is 0.312 e. The lowest BCUT2D eigenvalue weighted by molar-refractivity contribution is -0.138. The standard InChI is InChI=1S/C8H9FN2O2/c9-6-1-5(3-11-4-6)7(2-10)8(12)13/h1,3-4,7H,2,10H2,(H,12,13). The molecule has 1 aromatic heterocycles. The molecule has 1 unspecified atom stereocenters. The Balaban J connectivity index is 2.98. The molecule has 0 spiro atoms. The Kier molecular flexibility index (Phi) is 2.92. The van der Waals surface area contributed by atoms with E-state index < -0.39 is 17.7 Å². The predicted molar refractivity (Wildman–Crippen MR) is 43.6 cm³/mol. The number of halogens is 1. The summed E-state index contributed by atoms with van der Waals surface area (Å²) in [7, 11) is 0. The second-order valence-corrected chi connectivity index (χ2v) is 2.56. The van der Waals surface area contributed by atoms with Gasteiger partial charge in [-0.3, -0.25) is 9.78 Å². The van der Waals surface area contributed by atoms with Gasteiger partial charge in [-0.1, -0.05) is 0 Å². The molecule has 0 aliphatic rings. The van der Waals surface area contributed by atoms with Gasteiger partial charge in [0.1, 0.15) is 5.82 Å². The van der Waals surface area contributed by atoms with Gasteiger partial charge in [-0.15, -0.1) is 0 Å². The van der Waals surface area contributed by atoms with Crippen molar-refractivity contribution in [2.24, 2.45) is 5.73 Å². The van der Waals surface area contributed by atoms with Gasteiger partial charge in [-0.2, -0.15) is 0 Å². The lowest BCUT2D eigenvalue weighted by atomic mass is 10.0. The molecule has 0 bridgehead atoms. The van der Waals surface area contributed by atoms with Crippen molar-refractivity contribution in [1.82, 2.24) is 4.98 Å². The van der Waals surface area contributed by atoms with E-state index in [1.54, 1.807) is 0 Å². The summed E-state index contributed by atoms with van der Waals surface area (Å²) in [6, 6.07) is 1.12. The monoisotopic (exact) mass is 184 g/mol. The minimum atomic E-state index is -1.07. The molecular formula is C8H9FN2O2. The van der Waals surface area contributed by atoms with Crippen LogP contribution in [0, 0.1) is 5.82 Å². The lowest BCUT2D eigenvalue weighted by Gasteiger charge is -2.08. The Morgan fingerprint density at radius 1 is 1.69 bits per heavy atom. The summed E-state index contributed by atoms with van der Waals surface area (Å²) in [5, 5.41) is 8.69. The maximum atomic E-state index is 12.6. The first-order valence-corrected chi connectivity index (χ1v) is 3.68. The fraction of sp³-hybridized carbons (Fsp3) is 0.250. The normalized spacial score (nSPS) is 12.5. The third-order valence-corrected chi connectivity index (χ3v) is 1.66. The Hall–Kier alpha value is -1.49. The first-order valence-electron chi connectivity index (χ1n) is 3.68. The van der Waals surface area contributed by atoms with Crippen molar-refractivity contribution in [3.05, 3.63) is 29.8 Å². The molecule has 0 saturated heterocycles. The van der Waals surface area contributed by atoms with Crippen molar-refractivity contribution in [1.29, 1.82) is 0 Å². The number of nitrogens with two attached hydrogens (primary N) is 1. The molecule has 5 heteroatoms. The highest BCUT2D eigenvalue weighted by Crippen LogP contribution is 2.14. The lowest BCUT2D eigenvalue weighted by Crippen LogP contribution is -2.21. The van der Waals surface area contributed by atoms with E-state index in [0.29, 0.717) is 0 Å². The van der Waals surface area contributed by atoms with Crippen LogP contribution in [0.25, 0.3) is 0 Å². The Labute approximate surface area is 74.2 Å². The summed E-state index contributed by atoms with van der Waals surface area (Å²) in [6.45, 7) is -0.0690. The van der Waals surface area contributed by atoms with Gasteiger partial charge in [0.05, 0.1) is 12.1 Å². The van der Waals surface area contributed by atoms with Crippen LogP contribution in [0.4, 0.5) is 4.39 Å². The summed E-state index contributed by atoms with van der Waals surface area (Å²) >= 11 is 0. The van der Waals surface area contributed by atoms with E-state index in [-0.39, 0.29) is 12.1 Å². The zero-order valence-electron chi connectivity index (χ0n) is 6.77. The van der Waals surface area contributed by atoms with Crippen LogP contribution in [-0.2, 0) is 4.79 Å².